The van der Waals surface area contributed by atoms with Crippen LogP contribution >= 0.6 is 0 Å². The van der Waals surface area contributed by atoms with Crippen LogP contribution in [0.2, 0.25) is 0 Å². The van der Waals surface area contributed by atoms with Crippen LogP contribution in [0, 0.1) is 5.92 Å². The number of carbonyl (C=O) groups excluding carboxylic acids is 3. The molecule has 2 aromatic carbocycles. The zero-order valence-electron chi connectivity index (χ0n) is 28.5. The number of oxime groups is 1. The number of unbranched alkanes of at least 4 members (excludes halogenated alkanes) is 1. The number of nitrogens with one attached hydrogen (secondary N) is 3. The zero-order chi connectivity index (χ0) is 39.5. The van der Waals surface area contributed by atoms with Gasteiger partial charge < -0.3 is 56.5 Å². The maximum atomic E-state index is 14.1. The number of alkyl halides is 1. The van der Waals surface area contributed by atoms with Gasteiger partial charge in [-0.25, -0.2) is 18.8 Å². The molecule has 0 aliphatic rings. The number of carboxylic acids is 3. The summed E-state index contributed by atoms with van der Waals surface area (Å²) in [6, 6.07) is 8.96. The van der Waals surface area contributed by atoms with Crippen molar-refractivity contribution in [3.63, 3.8) is 0 Å². The number of fused-ring (bicyclic) bond motifs is 1. The second-order valence-corrected chi connectivity index (χ2v) is 12.1. The Kier molecular flexibility index (Phi) is 18.8. The highest BCUT2D eigenvalue weighted by molar-refractivity contribution is 5.88. The van der Waals surface area contributed by atoms with Gasteiger partial charge in [-0.3, -0.25) is 14.4 Å². The van der Waals surface area contributed by atoms with E-state index in [-0.39, 0.29) is 38.6 Å². The molecule has 0 radical (unpaired) electrons. The SMILES string of the molecule is O=C(O)CCC(NC(=O)NC(CCCCNC(=O)C(CC(=O)CO/N=C\C([18F])C(O)C(O)C(O)CO)Cc1ccc2ccccc2c1)C(=O)O)C(=O)O. The van der Waals surface area contributed by atoms with Gasteiger partial charge in [0.2, 0.25) is 5.91 Å². The van der Waals surface area contributed by atoms with Crippen molar-refractivity contribution in [2.24, 2.45) is 11.1 Å². The molecule has 0 aromatic heterocycles. The minimum atomic E-state index is -2.31. The molecule has 292 valence electrons. The molecule has 7 unspecified atom stereocenters. The lowest BCUT2D eigenvalue weighted by atomic mass is 9.92. The fraction of sp³-hybridized carbons (Fsp3) is 0.500. The molecule has 2 rings (SSSR count). The Morgan fingerprint density at radius 1 is 0.849 bits per heavy atom. The third-order valence-electron chi connectivity index (χ3n) is 7.97. The first-order valence-electron chi connectivity index (χ1n) is 16.6. The monoisotopic (exact) mass is 751 g/mol. The number of carbonyl (C=O) groups is 6. The number of hydrogen-bond acceptors (Lipinski definition) is 12. The lowest BCUT2D eigenvalue weighted by Gasteiger charge is -2.22. The fourth-order valence-corrected chi connectivity index (χ4v) is 5.03. The summed E-state index contributed by atoms with van der Waals surface area (Å²) in [4.78, 5) is 76.8. The average molecular weight is 752 g/mol. The van der Waals surface area contributed by atoms with Crippen LogP contribution in [-0.4, -0.2) is 134 Å². The first-order valence-corrected chi connectivity index (χ1v) is 16.6. The van der Waals surface area contributed by atoms with Crippen LogP contribution in [0.5, 0.6) is 0 Å². The molecule has 19 heteroatoms. The van der Waals surface area contributed by atoms with Crippen molar-refractivity contribution in [1.29, 1.82) is 0 Å². The van der Waals surface area contributed by atoms with E-state index in [1.165, 1.54) is 0 Å². The molecule has 0 spiro atoms. The summed E-state index contributed by atoms with van der Waals surface area (Å²) in [6.07, 6.45) is -8.61. The van der Waals surface area contributed by atoms with Crippen LogP contribution in [-0.2, 0) is 35.2 Å². The molecule has 0 saturated heterocycles. The number of amides is 3. The lowest BCUT2D eigenvalue weighted by molar-refractivity contribution is -0.141. The first kappa shape index (κ1) is 43.9. The van der Waals surface area contributed by atoms with Crippen LogP contribution < -0.4 is 16.0 Å². The molecule has 7 atom stereocenters. The Morgan fingerprint density at radius 3 is 2.11 bits per heavy atom. The van der Waals surface area contributed by atoms with Crippen molar-refractivity contribution in [2.45, 2.75) is 81.5 Å². The first-order chi connectivity index (χ1) is 25.1. The summed E-state index contributed by atoms with van der Waals surface area (Å²) in [5, 5.41) is 77.0. The van der Waals surface area contributed by atoms with Gasteiger partial charge in [0.1, 0.15) is 30.4 Å². The summed E-state index contributed by atoms with van der Waals surface area (Å²) >= 11 is 0. The summed E-state index contributed by atoms with van der Waals surface area (Å²) in [7, 11) is 0. The molecule has 3 amide bonds. The van der Waals surface area contributed by atoms with E-state index < -0.39 is 104 Å². The van der Waals surface area contributed by atoms with E-state index in [4.69, 9.17) is 15.1 Å². The van der Waals surface area contributed by atoms with Gasteiger partial charge >= 0.3 is 23.9 Å². The number of rotatable bonds is 25. The second-order valence-electron chi connectivity index (χ2n) is 12.1. The van der Waals surface area contributed by atoms with Gasteiger partial charge in [-0.15, -0.1) is 0 Å². The normalized spacial score (nSPS) is 15.3. The van der Waals surface area contributed by atoms with Gasteiger partial charge in [0.05, 0.1) is 12.8 Å². The molecule has 2 aromatic rings. The molecule has 18 nitrogen and oxygen atoms in total. The van der Waals surface area contributed by atoms with E-state index in [1.54, 1.807) is 0 Å². The van der Waals surface area contributed by atoms with Crippen molar-refractivity contribution in [1.82, 2.24) is 16.0 Å². The maximum absolute atomic E-state index is 14.1. The van der Waals surface area contributed by atoms with Gasteiger partial charge in [-0.2, -0.15) is 0 Å². The van der Waals surface area contributed by atoms with Crippen LogP contribution in [0.25, 0.3) is 10.8 Å². The molecule has 0 fully saturated rings. The summed E-state index contributed by atoms with van der Waals surface area (Å²) < 4.78 is 14.1. The van der Waals surface area contributed by atoms with Gasteiger partial charge in [-0.05, 0) is 48.4 Å². The standard InChI is InChI=1S/C34H45FN4O14/c35-24(29(45)30(46)27(42)17-40)16-37-53-18-23(41)15-22(14-19-8-9-20-5-1-2-6-21(20)13-19)31(47)36-12-4-3-7-25(32(48)49)38-34(52)39-26(33(50)51)10-11-28(43)44/h1-2,5-6,8-9,13,16,22,24-27,29-30,40,42,45-46H,3-4,7,10-12,14-15,17-18H2,(H,36,47)(H,43,44)(H,48,49)(H,50,51)(H2,38,39,52)/b37-16-/i35-1. The molecule has 0 bridgehead atoms. The smallest absolute Gasteiger partial charge is 0.326 e. The van der Waals surface area contributed by atoms with E-state index in [9.17, 15) is 58.7 Å². The zero-order valence-corrected chi connectivity index (χ0v) is 28.5. The van der Waals surface area contributed by atoms with Crippen LogP contribution in [0.15, 0.2) is 47.6 Å². The predicted molar refractivity (Wildman–Crippen MR) is 183 cm³/mol. The van der Waals surface area contributed by atoms with Gasteiger partial charge in [0.15, 0.2) is 18.6 Å². The Hall–Kier alpha value is -5.24. The number of urea groups is 1. The number of hydrogen-bond donors (Lipinski definition) is 10. The molecular formula is C34H45FN4O14. The molecule has 0 aliphatic heterocycles. The highest BCUT2D eigenvalue weighted by atomic mass is 18.2. The van der Waals surface area contributed by atoms with E-state index in [2.05, 4.69) is 15.8 Å². The van der Waals surface area contributed by atoms with Crippen molar-refractivity contribution >= 4 is 52.6 Å². The van der Waals surface area contributed by atoms with Crippen molar-refractivity contribution in [2.75, 3.05) is 19.8 Å². The summed E-state index contributed by atoms with van der Waals surface area (Å²) in [6.45, 7) is -1.54. The fourth-order valence-electron chi connectivity index (χ4n) is 5.03. The van der Waals surface area contributed by atoms with Crippen molar-refractivity contribution in [3.8, 4) is 0 Å². The lowest BCUT2D eigenvalue weighted by Crippen LogP contribution is -2.51. The Morgan fingerprint density at radius 2 is 1.49 bits per heavy atom. The number of carboxylic acid groups (broad SMARTS) is 3. The molecule has 0 aliphatic carbocycles. The van der Waals surface area contributed by atoms with Crippen LogP contribution in [0.4, 0.5) is 9.18 Å². The highest BCUT2D eigenvalue weighted by Gasteiger charge is 2.31. The molecule has 10 N–H and O–H groups in total. The Labute approximate surface area is 302 Å². The minimum Gasteiger partial charge on any atom is -0.481 e. The number of aliphatic hydroxyl groups excluding tert-OH is 4. The number of nitrogens with zero attached hydrogens (tertiary/aromatic N) is 1. The molecular weight excluding hydrogens is 706 g/mol. The van der Waals surface area contributed by atoms with Crippen LogP contribution in [0.1, 0.15) is 44.1 Å². The number of halogens is 1. The Balaban J connectivity index is 1.97. The number of ketones is 1. The topological polar surface area (TPSA) is 302 Å². The van der Waals surface area contributed by atoms with E-state index in [0.717, 1.165) is 16.3 Å². The number of aliphatic hydroxyl groups is 4. The summed E-state index contributed by atoms with van der Waals surface area (Å²) in [5.41, 5.74) is 0.746. The molecule has 0 saturated carbocycles. The van der Waals surface area contributed by atoms with Crippen molar-refractivity contribution < 1.29 is 73.7 Å². The van der Waals surface area contributed by atoms with Crippen molar-refractivity contribution in [3.05, 3.63) is 48.0 Å². The van der Waals surface area contributed by atoms with Crippen LogP contribution in [0.3, 0.4) is 0 Å². The Bertz CT molecular complexity index is 1580. The van der Waals surface area contributed by atoms with E-state index >= 15 is 0 Å². The summed E-state index contributed by atoms with van der Waals surface area (Å²) in [5.74, 6) is -6.17. The van der Waals surface area contributed by atoms with Gasteiger partial charge in [-0.1, -0.05) is 47.6 Å². The number of aliphatic carboxylic acids is 3. The minimum absolute atomic E-state index is 0.0634. The quantitative estimate of drug-likeness (QED) is 0.0355. The van der Waals surface area contributed by atoms with Gasteiger partial charge in [0.25, 0.3) is 0 Å². The highest BCUT2D eigenvalue weighted by Crippen LogP contribution is 2.20. The number of benzene rings is 2. The van der Waals surface area contributed by atoms with Gasteiger partial charge in [0, 0.05) is 25.3 Å². The maximum Gasteiger partial charge on any atom is 0.326 e. The predicted octanol–water partition coefficient (Wildman–Crippen LogP) is -0.270. The third-order valence-corrected chi connectivity index (χ3v) is 7.97. The van der Waals surface area contributed by atoms with E-state index in [1.807, 2.05) is 47.8 Å². The average Bonchev–Trinajstić information content (AvgIpc) is 3.12. The van der Waals surface area contributed by atoms with E-state index in [0.29, 0.717) is 6.21 Å². The number of Topliss-reactive ketones (excluding diaryl/α,β-unsaturated/α-hetero) is 1. The largest absolute Gasteiger partial charge is 0.481 e. The molecule has 0 heterocycles. The second kappa shape index (κ2) is 22.6. The molecule has 53 heavy (non-hydrogen) atoms. The third kappa shape index (κ3) is 15.9.